The molecule has 126 valence electrons. The fourth-order valence-electron chi connectivity index (χ4n) is 2.80. The highest BCUT2D eigenvalue weighted by atomic mass is 32.2. The fraction of sp³-hybridized carbons (Fsp3) is 0.158. The van der Waals surface area contributed by atoms with E-state index in [-0.39, 0.29) is 23.4 Å². The number of phenols is 1. The van der Waals surface area contributed by atoms with Gasteiger partial charge in [0, 0.05) is 17.1 Å². The van der Waals surface area contributed by atoms with Gasteiger partial charge in [0.15, 0.2) is 0 Å². The van der Waals surface area contributed by atoms with Crippen molar-refractivity contribution in [1.82, 2.24) is 9.47 Å². The van der Waals surface area contributed by atoms with Crippen LogP contribution in [0.4, 0.5) is 4.79 Å². The topological polar surface area (TPSA) is 62.5 Å². The number of imide groups is 1. The van der Waals surface area contributed by atoms with Gasteiger partial charge in [0.05, 0.1) is 11.4 Å². The number of aryl methyl sites for hydroxylation is 1. The summed E-state index contributed by atoms with van der Waals surface area (Å²) in [6.45, 7) is 3.88. The second-order valence-corrected chi connectivity index (χ2v) is 6.64. The van der Waals surface area contributed by atoms with Gasteiger partial charge in [-0.2, -0.15) is 0 Å². The molecule has 1 saturated heterocycles. The van der Waals surface area contributed by atoms with E-state index in [1.165, 1.54) is 0 Å². The fourth-order valence-corrected chi connectivity index (χ4v) is 3.63. The second-order valence-electron chi connectivity index (χ2n) is 5.65. The molecule has 0 saturated carbocycles. The lowest BCUT2D eigenvalue weighted by Crippen LogP contribution is -2.28. The highest BCUT2D eigenvalue weighted by Crippen LogP contribution is 2.33. The smallest absolute Gasteiger partial charge is 0.294 e. The van der Waals surface area contributed by atoms with E-state index < -0.39 is 0 Å². The molecule has 1 N–H and O–H groups in total. The Hall–Kier alpha value is -2.91. The van der Waals surface area contributed by atoms with E-state index in [1.807, 2.05) is 36.6 Å². The number of carbonyl (C=O) groups excluding carboxylic acids is 2. The monoisotopic (exact) mass is 352 g/mol. The molecule has 3 rings (SSSR count). The summed E-state index contributed by atoms with van der Waals surface area (Å²) in [5.41, 5.74) is 3.69. The summed E-state index contributed by atoms with van der Waals surface area (Å²) in [6, 6.07) is 8.84. The minimum absolute atomic E-state index is 0.0193. The van der Waals surface area contributed by atoms with Crippen molar-refractivity contribution >= 4 is 29.0 Å². The van der Waals surface area contributed by atoms with Crippen LogP contribution in [0.3, 0.4) is 0 Å². The maximum atomic E-state index is 12.3. The number of terminal acetylenes is 1. The number of rotatable bonds is 3. The Morgan fingerprint density at radius 3 is 2.56 bits per heavy atom. The van der Waals surface area contributed by atoms with Crippen LogP contribution in [-0.4, -0.2) is 32.3 Å². The summed E-state index contributed by atoms with van der Waals surface area (Å²) in [7, 11) is 0. The van der Waals surface area contributed by atoms with E-state index in [9.17, 15) is 14.7 Å². The average Bonchev–Trinajstić information content (AvgIpc) is 3.00. The standard InChI is InChI=1S/C19H16N2O3S/c1-4-9-20-18(23)17(25-19(20)24)11-14-10-12(2)21(13(14)3)15-5-7-16(22)8-6-15/h1,5-8,10-11,22H,9H2,2-3H3. The summed E-state index contributed by atoms with van der Waals surface area (Å²) in [5, 5.41) is 9.10. The van der Waals surface area contributed by atoms with E-state index >= 15 is 0 Å². The van der Waals surface area contributed by atoms with Crippen LogP contribution in [0, 0.1) is 26.2 Å². The van der Waals surface area contributed by atoms with Crippen LogP contribution in [0.15, 0.2) is 35.2 Å². The number of phenolic OH excluding ortho intramolecular Hbond substituents is 1. The third kappa shape index (κ3) is 3.06. The molecule has 0 atom stereocenters. The van der Waals surface area contributed by atoms with Crippen LogP contribution in [0.25, 0.3) is 11.8 Å². The van der Waals surface area contributed by atoms with E-state index in [2.05, 4.69) is 5.92 Å². The summed E-state index contributed by atoms with van der Waals surface area (Å²) < 4.78 is 2.02. The number of hydrogen-bond donors (Lipinski definition) is 1. The molecule has 2 aromatic rings. The first-order chi connectivity index (χ1) is 11.9. The SMILES string of the molecule is C#CCN1C(=O)SC(=Cc2cc(C)n(-c3ccc(O)cc3)c2C)C1=O. The molecule has 2 amide bonds. The van der Waals surface area contributed by atoms with Crippen LogP contribution in [0.5, 0.6) is 5.75 Å². The normalized spacial score (nSPS) is 15.9. The van der Waals surface area contributed by atoms with Crippen molar-refractivity contribution in [3.63, 3.8) is 0 Å². The summed E-state index contributed by atoms with van der Waals surface area (Å²) in [5.74, 6) is 2.17. The van der Waals surface area contributed by atoms with Gasteiger partial charge in [-0.3, -0.25) is 14.5 Å². The Balaban J connectivity index is 1.99. The van der Waals surface area contributed by atoms with Gasteiger partial charge in [-0.25, -0.2) is 0 Å². The molecular formula is C19H16N2O3S. The van der Waals surface area contributed by atoms with E-state index in [0.29, 0.717) is 4.91 Å². The number of carbonyl (C=O) groups is 2. The largest absolute Gasteiger partial charge is 0.508 e. The van der Waals surface area contributed by atoms with Gasteiger partial charge in [-0.15, -0.1) is 6.42 Å². The van der Waals surface area contributed by atoms with Crippen molar-refractivity contribution in [2.75, 3.05) is 6.54 Å². The van der Waals surface area contributed by atoms with Crippen LogP contribution >= 0.6 is 11.8 Å². The van der Waals surface area contributed by atoms with Crippen LogP contribution in [0.2, 0.25) is 0 Å². The lowest BCUT2D eigenvalue weighted by Gasteiger charge is -2.09. The Kier molecular flexibility index (Phi) is 4.43. The third-order valence-corrected chi connectivity index (χ3v) is 4.90. The van der Waals surface area contributed by atoms with Crippen LogP contribution < -0.4 is 0 Å². The maximum Gasteiger partial charge on any atom is 0.294 e. The van der Waals surface area contributed by atoms with E-state index in [1.54, 1.807) is 18.2 Å². The molecule has 0 aliphatic carbocycles. The van der Waals surface area contributed by atoms with Crippen molar-refractivity contribution < 1.29 is 14.7 Å². The molecule has 0 unspecified atom stereocenters. The van der Waals surface area contributed by atoms with Crippen molar-refractivity contribution in [2.45, 2.75) is 13.8 Å². The predicted molar refractivity (Wildman–Crippen MR) is 98.4 cm³/mol. The molecule has 1 aliphatic heterocycles. The number of thioether (sulfide) groups is 1. The predicted octanol–water partition coefficient (Wildman–Crippen LogP) is 3.47. The first-order valence-electron chi connectivity index (χ1n) is 7.59. The molecule has 6 heteroatoms. The molecule has 1 aromatic carbocycles. The Bertz CT molecular complexity index is 933. The number of amides is 2. The van der Waals surface area contributed by atoms with Crippen LogP contribution in [-0.2, 0) is 4.79 Å². The van der Waals surface area contributed by atoms with E-state index in [4.69, 9.17) is 6.42 Å². The summed E-state index contributed by atoms with van der Waals surface area (Å²) in [4.78, 5) is 25.6. The lowest BCUT2D eigenvalue weighted by atomic mass is 10.2. The third-order valence-electron chi connectivity index (χ3n) is 3.99. The average molecular weight is 352 g/mol. The van der Waals surface area contributed by atoms with Gasteiger partial charge < -0.3 is 9.67 Å². The minimum atomic E-state index is -0.359. The zero-order valence-corrected chi connectivity index (χ0v) is 14.6. The zero-order chi connectivity index (χ0) is 18.1. The molecule has 2 heterocycles. The summed E-state index contributed by atoms with van der Waals surface area (Å²) >= 11 is 0.899. The van der Waals surface area contributed by atoms with Gasteiger partial charge in [0.25, 0.3) is 11.1 Å². The van der Waals surface area contributed by atoms with Crippen molar-refractivity contribution in [3.05, 3.63) is 52.2 Å². The molecule has 1 fully saturated rings. The Morgan fingerprint density at radius 2 is 1.92 bits per heavy atom. The molecule has 0 radical (unpaired) electrons. The molecule has 0 bridgehead atoms. The first-order valence-corrected chi connectivity index (χ1v) is 8.41. The molecule has 5 nitrogen and oxygen atoms in total. The van der Waals surface area contributed by atoms with Crippen molar-refractivity contribution in [1.29, 1.82) is 0 Å². The van der Waals surface area contributed by atoms with Gasteiger partial charge in [0.2, 0.25) is 0 Å². The lowest BCUT2D eigenvalue weighted by molar-refractivity contribution is -0.122. The molecule has 25 heavy (non-hydrogen) atoms. The number of nitrogens with zero attached hydrogens (tertiary/aromatic N) is 2. The Labute approximate surface area is 149 Å². The van der Waals surface area contributed by atoms with Crippen LogP contribution in [0.1, 0.15) is 17.0 Å². The first kappa shape index (κ1) is 16.9. The molecule has 0 spiro atoms. The minimum Gasteiger partial charge on any atom is -0.508 e. The quantitative estimate of drug-likeness (QED) is 0.679. The van der Waals surface area contributed by atoms with Gasteiger partial charge in [-0.05, 0) is 67.6 Å². The Morgan fingerprint density at radius 1 is 1.24 bits per heavy atom. The van der Waals surface area contributed by atoms with E-state index in [0.717, 1.165) is 39.3 Å². The van der Waals surface area contributed by atoms with Gasteiger partial charge in [0.1, 0.15) is 5.75 Å². The highest BCUT2D eigenvalue weighted by Gasteiger charge is 2.34. The highest BCUT2D eigenvalue weighted by molar-refractivity contribution is 8.18. The zero-order valence-electron chi connectivity index (χ0n) is 13.8. The molecule has 1 aliphatic rings. The number of aromatic nitrogens is 1. The number of benzene rings is 1. The number of aromatic hydroxyl groups is 1. The molecular weight excluding hydrogens is 336 g/mol. The maximum absolute atomic E-state index is 12.3. The number of hydrogen-bond acceptors (Lipinski definition) is 4. The molecule has 1 aromatic heterocycles. The summed E-state index contributed by atoms with van der Waals surface area (Å²) in [6.07, 6.45) is 6.93. The van der Waals surface area contributed by atoms with Gasteiger partial charge >= 0.3 is 0 Å². The van der Waals surface area contributed by atoms with Crippen molar-refractivity contribution in [3.8, 4) is 23.8 Å². The van der Waals surface area contributed by atoms with Crippen molar-refractivity contribution in [2.24, 2.45) is 0 Å². The van der Waals surface area contributed by atoms with Gasteiger partial charge in [-0.1, -0.05) is 5.92 Å². The second kappa shape index (κ2) is 6.54.